The van der Waals surface area contributed by atoms with Crippen molar-refractivity contribution in [2.24, 2.45) is 11.8 Å². The van der Waals surface area contributed by atoms with Gasteiger partial charge in [-0.25, -0.2) is 9.97 Å². The molecule has 0 aromatic carbocycles. The number of aryl methyl sites for hydroxylation is 2. The van der Waals surface area contributed by atoms with Crippen LogP contribution in [0.25, 0.3) is 10.2 Å². The van der Waals surface area contributed by atoms with Crippen LogP contribution in [0.1, 0.15) is 29.7 Å². The van der Waals surface area contributed by atoms with E-state index in [2.05, 4.69) is 28.7 Å². The topological polar surface area (TPSA) is 86.6 Å². The van der Waals surface area contributed by atoms with Crippen LogP contribution in [0, 0.1) is 25.7 Å². The summed E-state index contributed by atoms with van der Waals surface area (Å²) in [5.41, 5.74) is 1.24. The number of rotatable bonds is 3. The van der Waals surface area contributed by atoms with Gasteiger partial charge in [0.05, 0.1) is 11.3 Å². The first-order chi connectivity index (χ1) is 13.0. The number of likely N-dealkylation sites (tertiary alicyclic amines) is 1. The van der Waals surface area contributed by atoms with Gasteiger partial charge >= 0.3 is 5.97 Å². The lowest BCUT2D eigenvalue weighted by molar-refractivity contribution is -0.141. The van der Waals surface area contributed by atoms with Crippen molar-refractivity contribution in [2.75, 3.05) is 31.1 Å². The van der Waals surface area contributed by atoms with Gasteiger partial charge in [-0.1, -0.05) is 0 Å². The molecule has 2 aliphatic heterocycles. The van der Waals surface area contributed by atoms with E-state index in [1.807, 2.05) is 0 Å². The molecule has 1 amide bonds. The van der Waals surface area contributed by atoms with Gasteiger partial charge in [-0.3, -0.25) is 9.59 Å². The number of fused-ring (bicyclic) bond motifs is 1. The number of carboxylic acid groups (broad SMARTS) is 1. The van der Waals surface area contributed by atoms with Crippen LogP contribution >= 0.6 is 11.3 Å². The van der Waals surface area contributed by atoms with Crippen molar-refractivity contribution in [3.8, 4) is 0 Å². The van der Waals surface area contributed by atoms with Crippen molar-refractivity contribution in [1.29, 1.82) is 0 Å². The third-order valence-electron chi connectivity index (χ3n) is 5.94. The number of hydrogen-bond acceptors (Lipinski definition) is 6. The lowest BCUT2D eigenvalue weighted by atomic mass is 9.95. The van der Waals surface area contributed by atoms with Crippen LogP contribution < -0.4 is 4.90 Å². The SMILES string of the molecule is Cc1sc2ncnc(N3CCC(C(=O)N4CCC(C(=O)O)C4)CC3)c2c1C. The Morgan fingerprint density at radius 2 is 1.81 bits per heavy atom. The summed E-state index contributed by atoms with van der Waals surface area (Å²) in [4.78, 5) is 39.1. The molecule has 0 spiro atoms. The Labute approximate surface area is 162 Å². The van der Waals surface area contributed by atoms with Crippen LogP contribution in [0.4, 0.5) is 5.82 Å². The minimum atomic E-state index is -0.797. The summed E-state index contributed by atoms with van der Waals surface area (Å²) >= 11 is 1.70. The number of carboxylic acids is 1. The van der Waals surface area contributed by atoms with E-state index in [1.54, 1.807) is 22.6 Å². The van der Waals surface area contributed by atoms with E-state index in [-0.39, 0.29) is 11.8 Å². The summed E-state index contributed by atoms with van der Waals surface area (Å²) in [6.45, 7) is 6.71. The number of thiophene rings is 1. The molecular formula is C19H24N4O3S. The third kappa shape index (κ3) is 3.26. The van der Waals surface area contributed by atoms with E-state index < -0.39 is 11.9 Å². The van der Waals surface area contributed by atoms with Gasteiger partial charge in [-0.05, 0) is 38.7 Å². The van der Waals surface area contributed by atoms with E-state index in [0.29, 0.717) is 19.5 Å². The number of carbonyl (C=O) groups is 2. The van der Waals surface area contributed by atoms with Gasteiger partial charge in [0, 0.05) is 37.0 Å². The Morgan fingerprint density at radius 1 is 1.11 bits per heavy atom. The number of hydrogen-bond donors (Lipinski definition) is 1. The molecule has 7 nitrogen and oxygen atoms in total. The molecule has 2 fully saturated rings. The standard InChI is InChI=1S/C19H24N4O3S/c1-11-12(2)27-17-15(11)16(20-10-21-17)22-6-3-13(4-7-22)18(24)23-8-5-14(9-23)19(25)26/h10,13-14H,3-9H2,1-2H3,(H,25,26). The van der Waals surface area contributed by atoms with Crippen LogP contribution in [0.5, 0.6) is 0 Å². The lowest BCUT2D eigenvalue weighted by Gasteiger charge is -2.34. The predicted octanol–water partition coefficient (Wildman–Crippen LogP) is 2.46. The fraction of sp³-hybridized carbons (Fsp3) is 0.579. The molecule has 1 N–H and O–H groups in total. The highest BCUT2D eigenvalue weighted by Gasteiger charge is 2.35. The molecule has 1 unspecified atom stereocenters. The summed E-state index contributed by atoms with van der Waals surface area (Å²) in [6.07, 6.45) is 3.75. The van der Waals surface area contributed by atoms with Crippen LogP contribution in [0.15, 0.2) is 6.33 Å². The predicted molar refractivity (Wildman–Crippen MR) is 104 cm³/mol. The monoisotopic (exact) mass is 388 g/mol. The Hall–Kier alpha value is -2.22. The fourth-order valence-electron chi connectivity index (χ4n) is 4.16. The number of carbonyl (C=O) groups excluding carboxylic acids is 1. The molecule has 1 atom stereocenters. The zero-order valence-electron chi connectivity index (χ0n) is 15.6. The van der Waals surface area contributed by atoms with Crippen molar-refractivity contribution in [1.82, 2.24) is 14.9 Å². The molecule has 0 saturated carbocycles. The van der Waals surface area contributed by atoms with Gasteiger partial charge in [0.1, 0.15) is 17.0 Å². The maximum absolute atomic E-state index is 12.8. The molecule has 27 heavy (non-hydrogen) atoms. The summed E-state index contributed by atoms with van der Waals surface area (Å²) in [7, 11) is 0. The van der Waals surface area contributed by atoms with E-state index in [4.69, 9.17) is 5.11 Å². The maximum Gasteiger partial charge on any atom is 0.308 e. The van der Waals surface area contributed by atoms with Crippen molar-refractivity contribution in [3.05, 3.63) is 16.8 Å². The average Bonchev–Trinajstić information content (AvgIpc) is 3.27. The minimum absolute atomic E-state index is 0.0172. The highest BCUT2D eigenvalue weighted by Crippen LogP contribution is 2.36. The summed E-state index contributed by atoms with van der Waals surface area (Å²) in [5.74, 6) is -0.132. The normalized spacial score (nSPS) is 21.2. The number of anilines is 1. The quantitative estimate of drug-likeness (QED) is 0.869. The van der Waals surface area contributed by atoms with E-state index in [0.717, 1.165) is 42.0 Å². The molecule has 2 saturated heterocycles. The zero-order valence-corrected chi connectivity index (χ0v) is 16.5. The Balaban J connectivity index is 1.44. The van der Waals surface area contributed by atoms with Crippen molar-refractivity contribution >= 4 is 39.2 Å². The lowest BCUT2D eigenvalue weighted by Crippen LogP contribution is -2.42. The van der Waals surface area contributed by atoms with Crippen molar-refractivity contribution < 1.29 is 14.7 Å². The minimum Gasteiger partial charge on any atom is -0.481 e. The Bertz CT molecular complexity index is 888. The zero-order chi connectivity index (χ0) is 19.1. The van der Waals surface area contributed by atoms with Gasteiger partial charge < -0.3 is 14.9 Å². The number of nitrogens with zero attached hydrogens (tertiary/aromatic N) is 4. The maximum atomic E-state index is 12.8. The largest absolute Gasteiger partial charge is 0.481 e. The smallest absolute Gasteiger partial charge is 0.308 e. The van der Waals surface area contributed by atoms with Gasteiger partial charge in [-0.15, -0.1) is 11.3 Å². The Kier molecular flexibility index (Phi) is 4.75. The molecule has 2 aliphatic rings. The molecule has 0 aliphatic carbocycles. The number of amides is 1. The number of aliphatic carboxylic acids is 1. The first-order valence-electron chi connectivity index (χ1n) is 9.43. The first kappa shape index (κ1) is 18.2. The molecule has 0 radical (unpaired) electrons. The fourth-order valence-corrected chi connectivity index (χ4v) is 5.15. The number of aromatic nitrogens is 2. The first-order valence-corrected chi connectivity index (χ1v) is 10.2. The summed E-state index contributed by atoms with van der Waals surface area (Å²) < 4.78 is 0. The van der Waals surface area contributed by atoms with Gasteiger partial charge in [0.15, 0.2) is 0 Å². The molecule has 2 aromatic heterocycles. The second-order valence-electron chi connectivity index (χ2n) is 7.53. The average molecular weight is 388 g/mol. The van der Waals surface area contributed by atoms with Crippen LogP contribution in [0.2, 0.25) is 0 Å². The molecule has 8 heteroatoms. The van der Waals surface area contributed by atoms with E-state index in [1.165, 1.54) is 10.4 Å². The molecule has 144 valence electrons. The molecular weight excluding hydrogens is 364 g/mol. The second-order valence-corrected chi connectivity index (χ2v) is 8.73. The van der Waals surface area contributed by atoms with Crippen molar-refractivity contribution in [2.45, 2.75) is 33.1 Å². The summed E-state index contributed by atoms with van der Waals surface area (Å²) in [5, 5.41) is 10.3. The van der Waals surface area contributed by atoms with Gasteiger partial charge in [0.25, 0.3) is 0 Å². The molecule has 0 bridgehead atoms. The van der Waals surface area contributed by atoms with Crippen LogP contribution in [0.3, 0.4) is 0 Å². The van der Waals surface area contributed by atoms with Crippen LogP contribution in [-0.2, 0) is 9.59 Å². The van der Waals surface area contributed by atoms with Gasteiger partial charge in [0.2, 0.25) is 5.91 Å². The van der Waals surface area contributed by atoms with Crippen molar-refractivity contribution in [3.63, 3.8) is 0 Å². The molecule has 4 rings (SSSR count). The second kappa shape index (κ2) is 7.07. The molecule has 4 heterocycles. The Morgan fingerprint density at radius 3 is 2.48 bits per heavy atom. The summed E-state index contributed by atoms with van der Waals surface area (Å²) in [6, 6.07) is 0. The van der Waals surface area contributed by atoms with E-state index in [9.17, 15) is 9.59 Å². The molecule has 2 aromatic rings. The highest BCUT2D eigenvalue weighted by atomic mass is 32.1. The highest BCUT2D eigenvalue weighted by molar-refractivity contribution is 7.18. The number of piperidine rings is 1. The third-order valence-corrected chi connectivity index (χ3v) is 7.05. The van der Waals surface area contributed by atoms with E-state index >= 15 is 0 Å². The van der Waals surface area contributed by atoms with Crippen LogP contribution in [-0.4, -0.2) is 58.0 Å². The van der Waals surface area contributed by atoms with Gasteiger partial charge in [-0.2, -0.15) is 0 Å².